The molecule has 1 heterocycles. The van der Waals surface area contributed by atoms with E-state index in [2.05, 4.69) is 27.5 Å². The maximum atomic E-state index is 11.1. The molecule has 1 unspecified atom stereocenters. The van der Waals surface area contributed by atoms with Crippen LogP contribution in [-0.2, 0) is 0 Å². The maximum Gasteiger partial charge on any atom is 0.353 e. The first-order chi connectivity index (χ1) is 9.10. The van der Waals surface area contributed by atoms with Crippen molar-refractivity contribution in [1.29, 1.82) is 0 Å². The molecule has 1 atom stereocenters. The Morgan fingerprint density at radius 3 is 2.74 bits per heavy atom. The fourth-order valence-corrected chi connectivity index (χ4v) is 2.36. The van der Waals surface area contributed by atoms with Crippen molar-refractivity contribution in [2.24, 2.45) is 0 Å². The Morgan fingerprint density at radius 1 is 1.47 bits per heavy atom. The molecule has 1 rings (SSSR count). The van der Waals surface area contributed by atoms with Gasteiger partial charge < -0.3 is 10.6 Å². The van der Waals surface area contributed by atoms with Crippen LogP contribution in [0.3, 0.4) is 0 Å². The number of rotatable bonds is 8. The summed E-state index contributed by atoms with van der Waals surface area (Å²) in [6.45, 7) is 4.10. The van der Waals surface area contributed by atoms with Gasteiger partial charge in [0.25, 0.3) is 0 Å². The van der Waals surface area contributed by atoms with Crippen LogP contribution in [0, 0.1) is 10.1 Å². The zero-order chi connectivity index (χ0) is 14.3. The van der Waals surface area contributed by atoms with Crippen LogP contribution in [0.4, 0.5) is 17.3 Å². The summed E-state index contributed by atoms with van der Waals surface area (Å²) in [6, 6.07) is 0.123. The lowest BCUT2D eigenvalue weighted by atomic mass is 10.2. The third-order valence-corrected chi connectivity index (χ3v) is 3.46. The molecule has 0 bridgehead atoms. The van der Waals surface area contributed by atoms with Crippen molar-refractivity contribution in [3.8, 4) is 0 Å². The predicted molar refractivity (Wildman–Crippen MR) is 78.9 cm³/mol. The number of thioether (sulfide) groups is 1. The van der Waals surface area contributed by atoms with Crippen LogP contribution in [0.5, 0.6) is 0 Å². The maximum absolute atomic E-state index is 11.1. The Morgan fingerprint density at radius 2 is 2.16 bits per heavy atom. The van der Waals surface area contributed by atoms with Crippen molar-refractivity contribution in [2.45, 2.75) is 26.3 Å². The van der Waals surface area contributed by atoms with Crippen LogP contribution >= 0.6 is 11.8 Å². The van der Waals surface area contributed by atoms with E-state index >= 15 is 0 Å². The molecule has 0 saturated carbocycles. The molecule has 0 saturated heterocycles. The number of nitrogens with one attached hydrogen (secondary N) is 2. The molecule has 0 aromatic carbocycles. The molecule has 0 amide bonds. The summed E-state index contributed by atoms with van der Waals surface area (Å²) in [5.41, 5.74) is -0.111. The molecule has 0 aliphatic rings. The molecule has 106 valence electrons. The van der Waals surface area contributed by atoms with Crippen LogP contribution in [0.2, 0.25) is 0 Å². The van der Waals surface area contributed by atoms with Gasteiger partial charge in [-0.05, 0) is 24.9 Å². The van der Waals surface area contributed by atoms with E-state index < -0.39 is 4.92 Å². The first-order valence-corrected chi connectivity index (χ1v) is 7.27. The van der Waals surface area contributed by atoms with E-state index in [-0.39, 0.29) is 23.4 Å². The first kappa shape index (κ1) is 15.5. The minimum absolute atomic E-state index is 0.111. The number of nitro groups is 1. The van der Waals surface area contributed by atoms with E-state index in [1.807, 2.05) is 18.7 Å². The Hall–Kier alpha value is -1.57. The molecular weight excluding hydrogens is 266 g/mol. The van der Waals surface area contributed by atoms with Crippen molar-refractivity contribution >= 4 is 29.1 Å². The number of nitrogens with zero attached hydrogens (tertiary/aromatic N) is 3. The second-order valence-corrected chi connectivity index (χ2v) is 5.35. The summed E-state index contributed by atoms with van der Waals surface area (Å²) in [6.07, 6.45) is 2.24. The number of anilines is 2. The summed E-state index contributed by atoms with van der Waals surface area (Å²) in [4.78, 5) is 18.4. The van der Waals surface area contributed by atoms with E-state index in [9.17, 15) is 10.1 Å². The van der Waals surface area contributed by atoms with Gasteiger partial charge in [-0.3, -0.25) is 10.1 Å². The monoisotopic (exact) mass is 285 g/mol. The summed E-state index contributed by atoms with van der Waals surface area (Å²) in [5, 5.41) is 16.9. The molecule has 0 aliphatic carbocycles. The van der Waals surface area contributed by atoms with Crippen LogP contribution in [0.25, 0.3) is 0 Å². The standard InChI is InChI=1S/C11H19N5O2S/c1-4-19-6-5-8(2)15-11-9(16(17)18)10(12-3)13-7-14-11/h7-8H,4-6H2,1-3H3,(H2,12,13,14,15). The molecule has 19 heavy (non-hydrogen) atoms. The van der Waals surface area contributed by atoms with Gasteiger partial charge in [-0.15, -0.1) is 0 Å². The van der Waals surface area contributed by atoms with Crippen LogP contribution in [0.15, 0.2) is 6.33 Å². The highest BCUT2D eigenvalue weighted by atomic mass is 32.2. The molecular formula is C11H19N5O2S. The molecule has 1 aromatic heterocycles. The van der Waals surface area contributed by atoms with Crippen molar-refractivity contribution in [2.75, 3.05) is 29.2 Å². The van der Waals surface area contributed by atoms with Gasteiger partial charge in [0, 0.05) is 13.1 Å². The fourth-order valence-electron chi connectivity index (χ4n) is 1.55. The van der Waals surface area contributed by atoms with Crippen molar-refractivity contribution in [3.63, 3.8) is 0 Å². The topological polar surface area (TPSA) is 93.0 Å². The zero-order valence-corrected chi connectivity index (χ0v) is 12.2. The van der Waals surface area contributed by atoms with Crippen LogP contribution in [0.1, 0.15) is 20.3 Å². The largest absolute Gasteiger partial charge is 0.367 e. The molecule has 7 nitrogen and oxygen atoms in total. The first-order valence-electron chi connectivity index (χ1n) is 6.11. The van der Waals surface area contributed by atoms with Gasteiger partial charge >= 0.3 is 5.69 Å². The van der Waals surface area contributed by atoms with E-state index in [1.54, 1.807) is 7.05 Å². The summed E-state index contributed by atoms with van der Waals surface area (Å²) >= 11 is 1.85. The highest BCUT2D eigenvalue weighted by Crippen LogP contribution is 2.29. The molecule has 0 radical (unpaired) electrons. The second-order valence-electron chi connectivity index (χ2n) is 3.96. The third-order valence-electron chi connectivity index (χ3n) is 2.52. The van der Waals surface area contributed by atoms with Gasteiger partial charge in [-0.25, -0.2) is 9.97 Å². The van der Waals surface area contributed by atoms with Crippen LogP contribution < -0.4 is 10.6 Å². The van der Waals surface area contributed by atoms with E-state index in [0.29, 0.717) is 0 Å². The molecule has 8 heteroatoms. The average Bonchev–Trinajstić information content (AvgIpc) is 2.38. The zero-order valence-electron chi connectivity index (χ0n) is 11.3. The number of aromatic nitrogens is 2. The van der Waals surface area contributed by atoms with Gasteiger partial charge in [-0.1, -0.05) is 6.92 Å². The lowest BCUT2D eigenvalue weighted by Gasteiger charge is -2.14. The highest BCUT2D eigenvalue weighted by molar-refractivity contribution is 7.99. The Labute approximate surface area is 116 Å². The summed E-state index contributed by atoms with van der Waals surface area (Å²) in [5.74, 6) is 2.57. The van der Waals surface area contributed by atoms with Gasteiger partial charge in [0.2, 0.25) is 11.6 Å². The van der Waals surface area contributed by atoms with Gasteiger partial charge in [0.1, 0.15) is 6.33 Å². The quantitative estimate of drug-likeness (QED) is 0.430. The van der Waals surface area contributed by atoms with Crippen LogP contribution in [-0.4, -0.2) is 39.5 Å². The smallest absolute Gasteiger partial charge is 0.353 e. The molecule has 0 aliphatic heterocycles. The molecule has 2 N–H and O–H groups in total. The molecule has 0 spiro atoms. The normalized spacial score (nSPS) is 11.9. The van der Waals surface area contributed by atoms with E-state index in [4.69, 9.17) is 0 Å². The fraction of sp³-hybridized carbons (Fsp3) is 0.636. The lowest BCUT2D eigenvalue weighted by molar-refractivity contribution is -0.383. The minimum atomic E-state index is -0.471. The molecule has 0 fully saturated rings. The number of hydrogen-bond donors (Lipinski definition) is 2. The van der Waals surface area contributed by atoms with E-state index in [1.165, 1.54) is 6.33 Å². The Bertz CT molecular complexity index is 430. The van der Waals surface area contributed by atoms with E-state index in [0.717, 1.165) is 17.9 Å². The third kappa shape index (κ3) is 4.55. The summed E-state index contributed by atoms with van der Waals surface area (Å²) < 4.78 is 0. The van der Waals surface area contributed by atoms with Crippen molar-refractivity contribution in [1.82, 2.24) is 9.97 Å². The second kappa shape index (κ2) is 7.78. The van der Waals surface area contributed by atoms with Gasteiger partial charge in [0.15, 0.2) is 0 Å². The minimum Gasteiger partial charge on any atom is -0.367 e. The Kier molecular flexibility index (Phi) is 6.34. The van der Waals surface area contributed by atoms with Gasteiger partial charge in [0.05, 0.1) is 4.92 Å². The van der Waals surface area contributed by atoms with Crippen molar-refractivity contribution < 1.29 is 4.92 Å². The van der Waals surface area contributed by atoms with Gasteiger partial charge in [-0.2, -0.15) is 11.8 Å². The average molecular weight is 285 g/mol. The Balaban J connectivity index is 2.79. The summed E-state index contributed by atoms with van der Waals surface area (Å²) in [7, 11) is 1.60. The predicted octanol–water partition coefficient (Wildman–Crippen LogP) is 2.37. The lowest BCUT2D eigenvalue weighted by Crippen LogP contribution is -2.18. The molecule has 1 aromatic rings. The number of hydrogen-bond acceptors (Lipinski definition) is 7. The SMILES string of the molecule is CCSCCC(C)Nc1ncnc(NC)c1[N+](=O)[O-]. The van der Waals surface area contributed by atoms with Crippen molar-refractivity contribution in [3.05, 3.63) is 16.4 Å². The highest BCUT2D eigenvalue weighted by Gasteiger charge is 2.22.